The number of hydrogen-bond donors (Lipinski definition) is 1. The molecule has 1 aromatic carbocycles. The SMILES string of the molecule is O=S(=O)(c1ccccc1C(F)(F)F)N(CCO)CC(F)F. The van der Waals surface area contributed by atoms with Gasteiger partial charge in [-0.25, -0.2) is 17.2 Å². The van der Waals surface area contributed by atoms with Gasteiger partial charge in [0.15, 0.2) is 0 Å². The molecule has 120 valence electrons. The average Bonchev–Trinajstić information content (AvgIpc) is 2.36. The van der Waals surface area contributed by atoms with Crippen molar-refractivity contribution in [3.8, 4) is 0 Å². The molecule has 0 bridgehead atoms. The number of aliphatic hydroxyl groups is 1. The molecule has 0 spiro atoms. The number of aliphatic hydroxyl groups excluding tert-OH is 1. The van der Waals surface area contributed by atoms with Crippen LogP contribution in [0.25, 0.3) is 0 Å². The fourth-order valence-corrected chi connectivity index (χ4v) is 3.26. The van der Waals surface area contributed by atoms with E-state index in [4.69, 9.17) is 5.11 Å². The van der Waals surface area contributed by atoms with E-state index in [1.165, 1.54) is 0 Å². The van der Waals surface area contributed by atoms with E-state index in [1.807, 2.05) is 0 Å². The van der Waals surface area contributed by atoms with Crippen LogP contribution in [0.4, 0.5) is 22.0 Å². The molecule has 0 aliphatic carbocycles. The highest BCUT2D eigenvalue weighted by atomic mass is 32.2. The van der Waals surface area contributed by atoms with Gasteiger partial charge in [-0.3, -0.25) is 0 Å². The minimum absolute atomic E-state index is 0.127. The molecule has 0 saturated heterocycles. The highest BCUT2D eigenvalue weighted by Gasteiger charge is 2.39. The van der Waals surface area contributed by atoms with Gasteiger partial charge in [-0.05, 0) is 12.1 Å². The molecule has 0 aliphatic heterocycles. The van der Waals surface area contributed by atoms with E-state index in [2.05, 4.69) is 0 Å². The zero-order valence-corrected chi connectivity index (χ0v) is 11.3. The van der Waals surface area contributed by atoms with E-state index in [0.717, 1.165) is 12.1 Å². The Morgan fingerprint density at radius 3 is 2.24 bits per heavy atom. The van der Waals surface area contributed by atoms with Crippen LogP contribution < -0.4 is 0 Å². The zero-order chi connectivity index (χ0) is 16.3. The number of sulfonamides is 1. The van der Waals surface area contributed by atoms with Crippen molar-refractivity contribution in [3.05, 3.63) is 29.8 Å². The van der Waals surface area contributed by atoms with Crippen molar-refractivity contribution in [2.75, 3.05) is 19.7 Å². The fourth-order valence-electron chi connectivity index (χ4n) is 1.64. The summed E-state index contributed by atoms with van der Waals surface area (Å²) in [7, 11) is -4.80. The highest BCUT2D eigenvalue weighted by molar-refractivity contribution is 7.89. The second-order valence-electron chi connectivity index (χ2n) is 3.97. The van der Waals surface area contributed by atoms with E-state index in [9.17, 15) is 30.4 Å². The van der Waals surface area contributed by atoms with Gasteiger partial charge < -0.3 is 5.11 Å². The zero-order valence-electron chi connectivity index (χ0n) is 10.5. The van der Waals surface area contributed by atoms with Crippen molar-refractivity contribution in [1.29, 1.82) is 0 Å². The van der Waals surface area contributed by atoms with Crippen molar-refractivity contribution >= 4 is 10.0 Å². The summed E-state index contributed by atoms with van der Waals surface area (Å²) in [6.45, 7) is -2.81. The third-order valence-corrected chi connectivity index (χ3v) is 4.42. The number of alkyl halides is 5. The first-order valence-electron chi connectivity index (χ1n) is 5.66. The second-order valence-corrected chi connectivity index (χ2v) is 5.88. The van der Waals surface area contributed by atoms with Gasteiger partial charge in [-0.1, -0.05) is 12.1 Å². The largest absolute Gasteiger partial charge is 0.417 e. The smallest absolute Gasteiger partial charge is 0.395 e. The van der Waals surface area contributed by atoms with Gasteiger partial charge in [0.2, 0.25) is 10.0 Å². The van der Waals surface area contributed by atoms with Gasteiger partial charge in [-0.2, -0.15) is 17.5 Å². The van der Waals surface area contributed by atoms with Crippen molar-refractivity contribution in [2.24, 2.45) is 0 Å². The van der Waals surface area contributed by atoms with Crippen LogP contribution in [0.2, 0.25) is 0 Å². The van der Waals surface area contributed by atoms with E-state index >= 15 is 0 Å². The molecule has 10 heteroatoms. The molecule has 0 fully saturated rings. The number of rotatable bonds is 6. The van der Waals surface area contributed by atoms with Crippen LogP contribution in [0.1, 0.15) is 5.56 Å². The van der Waals surface area contributed by atoms with E-state index < -0.39 is 52.8 Å². The molecule has 4 nitrogen and oxygen atoms in total. The van der Waals surface area contributed by atoms with Crippen LogP contribution in [-0.4, -0.2) is 44.0 Å². The molecule has 0 aromatic heterocycles. The van der Waals surface area contributed by atoms with Crippen LogP contribution in [-0.2, 0) is 16.2 Å². The molecular weight excluding hydrogens is 321 g/mol. The van der Waals surface area contributed by atoms with E-state index in [-0.39, 0.29) is 4.31 Å². The lowest BCUT2D eigenvalue weighted by Gasteiger charge is -2.22. The number of hydrogen-bond acceptors (Lipinski definition) is 3. The maximum atomic E-state index is 12.8. The summed E-state index contributed by atoms with van der Waals surface area (Å²) in [6.07, 6.45) is -8.02. The Morgan fingerprint density at radius 2 is 1.76 bits per heavy atom. The van der Waals surface area contributed by atoms with Gasteiger partial charge in [0.05, 0.1) is 23.6 Å². The topological polar surface area (TPSA) is 57.6 Å². The Balaban J connectivity index is 3.35. The van der Waals surface area contributed by atoms with Crippen molar-refractivity contribution < 1.29 is 35.5 Å². The highest BCUT2D eigenvalue weighted by Crippen LogP contribution is 2.35. The number of nitrogens with zero attached hydrogens (tertiary/aromatic N) is 1. The van der Waals surface area contributed by atoms with Gasteiger partial charge in [0, 0.05) is 6.54 Å². The van der Waals surface area contributed by atoms with Crippen molar-refractivity contribution in [1.82, 2.24) is 4.31 Å². The minimum atomic E-state index is -4.95. The van der Waals surface area contributed by atoms with Crippen LogP contribution in [0.3, 0.4) is 0 Å². The van der Waals surface area contributed by atoms with Crippen LogP contribution in [0.15, 0.2) is 29.2 Å². The molecule has 1 aromatic rings. The normalized spacial score (nSPS) is 13.1. The summed E-state index contributed by atoms with van der Waals surface area (Å²) in [6, 6.07) is 3.29. The van der Waals surface area contributed by atoms with Gasteiger partial charge >= 0.3 is 6.18 Å². The van der Waals surface area contributed by atoms with Crippen molar-refractivity contribution in [2.45, 2.75) is 17.5 Å². The molecule has 0 amide bonds. The maximum Gasteiger partial charge on any atom is 0.417 e. The van der Waals surface area contributed by atoms with Crippen molar-refractivity contribution in [3.63, 3.8) is 0 Å². The predicted octanol–water partition coefficient (Wildman–Crippen LogP) is 1.95. The lowest BCUT2D eigenvalue weighted by Crippen LogP contribution is -2.38. The quantitative estimate of drug-likeness (QED) is 0.810. The molecule has 0 saturated carbocycles. The maximum absolute atomic E-state index is 12.8. The Kier molecular flexibility index (Phi) is 5.65. The average molecular weight is 333 g/mol. The lowest BCUT2D eigenvalue weighted by molar-refractivity contribution is -0.139. The van der Waals surface area contributed by atoms with Crippen LogP contribution in [0.5, 0.6) is 0 Å². The lowest BCUT2D eigenvalue weighted by atomic mass is 10.2. The first-order valence-corrected chi connectivity index (χ1v) is 7.10. The van der Waals surface area contributed by atoms with Crippen LogP contribution in [0, 0.1) is 0 Å². The number of halogens is 5. The predicted molar refractivity (Wildman–Crippen MR) is 63.3 cm³/mol. The summed E-state index contributed by atoms with van der Waals surface area (Å²) in [5.74, 6) is 0. The Bertz CT molecular complexity index is 573. The van der Waals surface area contributed by atoms with Crippen LogP contribution >= 0.6 is 0 Å². The third kappa shape index (κ3) is 4.35. The van der Waals surface area contributed by atoms with E-state index in [1.54, 1.807) is 0 Å². The second kappa shape index (κ2) is 6.67. The molecule has 0 radical (unpaired) electrons. The molecule has 0 heterocycles. The summed E-state index contributed by atoms with van der Waals surface area (Å²) >= 11 is 0. The Hall–Kier alpha value is -1.26. The summed E-state index contributed by atoms with van der Waals surface area (Å²) < 4.78 is 87.5. The van der Waals surface area contributed by atoms with Gasteiger partial charge in [-0.15, -0.1) is 0 Å². The first-order chi connectivity index (χ1) is 9.60. The molecule has 1 rings (SSSR count). The standard InChI is InChI=1S/C11H12F5NO3S/c12-10(13)7-17(5-6-18)21(19,20)9-4-2-1-3-8(9)11(14,15)16/h1-4,10,18H,5-7H2. The summed E-state index contributed by atoms with van der Waals surface area (Å²) in [5, 5.41) is 8.72. The molecule has 21 heavy (non-hydrogen) atoms. The molecule has 0 atom stereocenters. The van der Waals surface area contributed by atoms with Gasteiger partial charge in [0.25, 0.3) is 6.43 Å². The molecule has 1 N–H and O–H groups in total. The van der Waals surface area contributed by atoms with E-state index in [0.29, 0.717) is 12.1 Å². The Labute approximate surface area is 117 Å². The first kappa shape index (κ1) is 17.8. The Morgan fingerprint density at radius 1 is 1.19 bits per heavy atom. The monoisotopic (exact) mass is 333 g/mol. The third-order valence-electron chi connectivity index (χ3n) is 2.50. The van der Waals surface area contributed by atoms with Gasteiger partial charge in [0.1, 0.15) is 0 Å². The summed E-state index contributed by atoms with van der Waals surface area (Å²) in [5.41, 5.74) is -1.44. The molecular formula is C11H12F5NO3S. The minimum Gasteiger partial charge on any atom is -0.395 e. The summed E-state index contributed by atoms with van der Waals surface area (Å²) in [4.78, 5) is -1.12. The number of benzene rings is 1. The molecule has 0 unspecified atom stereocenters. The molecule has 0 aliphatic rings. The fraction of sp³-hybridized carbons (Fsp3) is 0.455.